The molecule has 2 rings (SSSR count). The molecule has 1 aromatic heterocycles. The Kier molecular flexibility index (Phi) is 5.17. The molecule has 0 atom stereocenters. The monoisotopic (exact) mass is 453 g/mol. The molecule has 0 aliphatic rings. The lowest BCUT2D eigenvalue weighted by atomic mass is 10.3. The van der Waals surface area contributed by atoms with Crippen molar-refractivity contribution in [3.63, 3.8) is 0 Å². The lowest BCUT2D eigenvalue weighted by Crippen LogP contribution is -2.13. The summed E-state index contributed by atoms with van der Waals surface area (Å²) in [5.74, 6) is 0. The molecule has 2 aromatic rings. The lowest BCUT2D eigenvalue weighted by Gasteiger charge is -2.08. The van der Waals surface area contributed by atoms with E-state index in [1.165, 1.54) is 18.2 Å². The third-order valence-corrected chi connectivity index (χ3v) is 7.39. The first kappa shape index (κ1) is 16.7. The first-order valence-corrected chi connectivity index (χ1v) is 9.43. The number of nitrogens with one attached hydrogen (secondary N) is 1. The fourth-order valence-electron chi connectivity index (χ4n) is 1.39. The molecule has 0 spiro atoms. The predicted octanol–water partition coefficient (Wildman–Crippen LogP) is 5.93. The zero-order valence-corrected chi connectivity index (χ0v) is 15.5. The van der Waals surface area contributed by atoms with E-state index < -0.39 is 10.0 Å². The van der Waals surface area contributed by atoms with Crippen LogP contribution in [0.2, 0.25) is 18.7 Å². The maximum Gasteiger partial charge on any atom is 0.265 e. The molecule has 1 N–H and O–H groups in total. The number of halogens is 5. The van der Waals surface area contributed by atoms with Crippen molar-refractivity contribution in [2.75, 3.05) is 4.72 Å². The van der Waals surface area contributed by atoms with E-state index in [0.29, 0.717) is 10.0 Å². The third kappa shape index (κ3) is 3.55. The molecule has 0 aliphatic carbocycles. The van der Waals surface area contributed by atoms with Crippen molar-refractivity contribution in [3.8, 4) is 0 Å². The number of thiophene rings is 1. The summed E-state index contributed by atoms with van der Waals surface area (Å²) in [6.45, 7) is 0. The fraction of sp³-hybridized carbons (Fsp3) is 0. The smallest absolute Gasteiger partial charge is 0.265 e. The number of anilines is 1. The van der Waals surface area contributed by atoms with E-state index in [-0.39, 0.29) is 23.7 Å². The molecule has 0 bridgehead atoms. The van der Waals surface area contributed by atoms with Crippen LogP contribution in [0, 0.1) is 0 Å². The topological polar surface area (TPSA) is 46.2 Å². The SMILES string of the molecule is O=S(=O)(Nc1cc(Cl)cc(Cl)c1)c1c(Cl)sc(Cl)c1Br. The quantitative estimate of drug-likeness (QED) is 0.623. The molecule has 1 heterocycles. The van der Waals surface area contributed by atoms with Crippen LogP contribution in [0.25, 0.3) is 0 Å². The summed E-state index contributed by atoms with van der Waals surface area (Å²) in [5.41, 5.74) is 0.229. The summed E-state index contributed by atoms with van der Waals surface area (Å²) in [7, 11) is -3.91. The predicted molar refractivity (Wildman–Crippen MR) is 89.3 cm³/mol. The van der Waals surface area contributed by atoms with Gasteiger partial charge >= 0.3 is 0 Å². The van der Waals surface area contributed by atoms with Crippen LogP contribution in [-0.4, -0.2) is 8.42 Å². The molecule has 0 saturated heterocycles. The minimum atomic E-state index is -3.91. The van der Waals surface area contributed by atoms with Crippen molar-refractivity contribution < 1.29 is 8.42 Å². The summed E-state index contributed by atoms with van der Waals surface area (Å²) >= 11 is 27.4. The molecule has 0 saturated carbocycles. The van der Waals surface area contributed by atoms with E-state index in [4.69, 9.17) is 46.4 Å². The van der Waals surface area contributed by atoms with Gasteiger partial charge in [-0.1, -0.05) is 46.4 Å². The fourth-order valence-corrected chi connectivity index (χ4v) is 6.51. The van der Waals surface area contributed by atoms with Crippen LogP contribution in [0.4, 0.5) is 5.69 Å². The van der Waals surface area contributed by atoms with Crippen LogP contribution in [0.5, 0.6) is 0 Å². The van der Waals surface area contributed by atoms with Gasteiger partial charge in [-0.05, 0) is 34.1 Å². The highest BCUT2D eigenvalue weighted by Crippen LogP contribution is 2.43. The Labute approximate surface area is 148 Å². The second-order valence-corrected chi connectivity index (χ2v) is 9.07. The molecule has 0 aliphatic heterocycles. The largest absolute Gasteiger partial charge is 0.279 e. The molecular weight excluding hydrogens is 452 g/mol. The van der Waals surface area contributed by atoms with E-state index in [2.05, 4.69) is 20.7 Å². The second kappa shape index (κ2) is 6.20. The maximum absolute atomic E-state index is 12.3. The summed E-state index contributed by atoms with van der Waals surface area (Å²) in [4.78, 5) is -0.120. The van der Waals surface area contributed by atoms with Crippen molar-refractivity contribution in [2.45, 2.75) is 4.90 Å². The van der Waals surface area contributed by atoms with Gasteiger partial charge in [-0.25, -0.2) is 8.42 Å². The van der Waals surface area contributed by atoms with Crippen LogP contribution in [0.1, 0.15) is 0 Å². The molecule has 0 unspecified atom stereocenters. The standard InChI is InChI=1S/C10H4BrCl4NO2S2/c11-7-8(10(15)19-9(7)14)20(17,18)16-6-2-4(12)1-5(13)3-6/h1-3,16H. The van der Waals surface area contributed by atoms with E-state index in [1.54, 1.807) is 0 Å². The van der Waals surface area contributed by atoms with Crippen molar-refractivity contribution in [1.29, 1.82) is 0 Å². The number of hydrogen-bond donors (Lipinski definition) is 1. The van der Waals surface area contributed by atoms with Crippen LogP contribution in [-0.2, 0) is 10.0 Å². The Bertz CT molecular complexity index is 756. The summed E-state index contributed by atoms with van der Waals surface area (Å²) < 4.78 is 27.5. The number of hydrogen-bond acceptors (Lipinski definition) is 3. The number of benzene rings is 1. The molecule has 0 fully saturated rings. The second-order valence-electron chi connectivity index (χ2n) is 3.56. The van der Waals surface area contributed by atoms with Crippen molar-refractivity contribution in [3.05, 3.63) is 41.4 Å². The lowest BCUT2D eigenvalue weighted by molar-refractivity contribution is 0.601. The highest BCUT2D eigenvalue weighted by molar-refractivity contribution is 9.10. The van der Waals surface area contributed by atoms with Gasteiger partial charge < -0.3 is 0 Å². The maximum atomic E-state index is 12.3. The highest BCUT2D eigenvalue weighted by Gasteiger charge is 2.26. The molecule has 3 nitrogen and oxygen atoms in total. The van der Waals surface area contributed by atoms with E-state index in [1.807, 2.05) is 0 Å². The van der Waals surface area contributed by atoms with Gasteiger partial charge in [-0.2, -0.15) is 0 Å². The number of sulfonamides is 1. The van der Waals surface area contributed by atoms with Gasteiger partial charge in [0.2, 0.25) is 0 Å². The number of rotatable bonds is 3. The highest BCUT2D eigenvalue weighted by atomic mass is 79.9. The summed E-state index contributed by atoms with van der Waals surface area (Å²) in [5, 5.41) is 0.618. The molecule has 108 valence electrons. The Morgan fingerprint density at radius 1 is 1.00 bits per heavy atom. The Morgan fingerprint density at radius 3 is 2.00 bits per heavy atom. The van der Waals surface area contributed by atoms with E-state index >= 15 is 0 Å². The van der Waals surface area contributed by atoms with Crippen LogP contribution >= 0.6 is 73.7 Å². The normalized spacial score (nSPS) is 11.7. The minimum absolute atomic E-state index is 0.0579. The van der Waals surface area contributed by atoms with Gasteiger partial charge in [0.25, 0.3) is 10.0 Å². The molecular formula is C10H4BrCl4NO2S2. The minimum Gasteiger partial charge on any atom is -0.279 e. The zero-order valence-electron chi connectivity index (χ0n) is 9.25. The average molecular weight is 456 g/mol. The summed E-state index contributed by atoms with van der Waals surface area (Å²) in [6, 6.07) is 4.35. The van der Waals surface area contributed by atoms with Gasteiger partial charge in [-0.3, -0.25) is 4.72 Å². The molecule has 20 heavy (non-hydrogen) atoms. The molecule has 0 amide bonds. The first-order valence-electron chi connectivity index (χ1n) is 4.83. The zero-order chi connectivity index (χ0) is 15.1. The average Bonchev–Trinajstić information content (AvgIpc) is 2.50. The molecule has 10 heteroatoms. The molecule has 0 radical (unpaired) electrons. The van der Waals surface area contributed by atoms with Crippen molar-refractivity contribution in [2.24, 2.45) is 0 Å². The first-order chi connectivity index (χ1) is 9.20. The van der Waals surface area contributed by atoms with Crippen LogP contribution in [0.3, 0.4) is 0 Å². The van der Waals surface area contributed by atoms with E-state index in [0.717, 1.165) is 11.3 Å². The van der Waals surface area contributed by atoms with Gasteiger partial charge in [0.15, 0.2) is 0 Å². The van der Waals surface area contributed by atoms with Gasteiger partial charge in [0.05, 0.1) is 10.2 Å². The van der Waals surface area contributed by atoms with Crippen LogP contribution < -0.4 is 4.72 Å². The Balaban J connectivity index is 2.46. The summed E-state index contributed by atoms with van der Waals surface area (Å²) in [6.07, 6.45) is 0. The molecule has 1 aromatic carbocycles. The third-order valence-electron chi connectivity index (χ3n) is 2.11. The van der Waals surface area contributed by atoms with E-state index in [9.17, 15) is 8.42 Å². The van der Waals surface area contributed by atoms with Gasteiger partial charge in [0.1, 0.15) is 13.6 Å². The van der Waals surface area contributed by atoms with Crippen molar-refractivity contribution in [1.82, 2.24) is 0 Å². The van der Waals surface area contributed by atoms with Gasteiger partial charge in [0, 0.05) is 10.0 Å². The van der Waals surface area contributed by atoms with Gasteiger partial charge in [-0.15, -0.1) is 11.3 Å². The Hall–Kier alpha value is 0.310. The van der Waals surface area contributed by atoms with Crippen LogP contribution in [0.15, 0.2) is 27.6 Å². The van der Waals surface area contributed by atoms with Crippen molar-refractivity contribution >= 4 is 89.4 Å². The Morgan fingerprint density at radius 2 is 1.55 bits per heavy atom.